The largest absolute Gasteiger partial charge is 0.493 e. The van der Waals surface area contributed by atoms with E-state index in [1.165, 1.54) is 6.08 Å². The monoisotopic (exact) mass is 289 g/mol. The summed E-state index contributed by atoms with van der Waals surface area (Å²) in [6, 6.07) is 7.58. The van der Waals surface area contributed by atoms with Crippen molar-refractivity contribution in [1.82, 2.24) is 5.32 Å². The molecule has 2 rings (SSSR count). The molecule has 2 N–H and O–H groups in total. The fourth-order valence-corrected chi connectivity index (χ4v) is 2.59. The molecule has 1 amide bonds. The van der Waals surface area contributed by atoms with Crippen LogP contribution >= 0.6 is 0 Å². The second-order valence-corrected chi connectivity index (χ2v) is 5.45. The Bertz CT molecular complexity index is 505. The normalized spacial score (nSPS) is 17.0. The van der Waals surface area contributed by atoms with Gasteiger partial charge in [-0.3, -0.25) is 4.79 Å². The second kappa shape index (κ2) is 7.27. The summed E-state index contributed by atoms with van der Waals surface area (Å²) in [4.78, 5) is 11.8. The van der Waals surface area contributed by atoms with Crippen LogP contribution in [0.15, 0.2) is 30.3 Å². The molecule has 0 unspecified atom stereocenters. The number of hydrogen-bond donors (Lipinski definition) is 2. The van der Waals surface area contributed by atoms with Crippen LogP contribution in [0.5, 0.6) is 5.75 Å². The molecule has 1 aromatic carbocycles. The molecule has 0 saturated heterocycles. The Morgan fingerprint density at radius 2 is 2.10 bits per heavy atom. The first-order valence-electron chi connectivity index (χ1n) is 7.53. The van der Waals surface area contributed by atoms with Gasteiger partial charge in [-0.05, 0) is 31.9 Å². The Kier molecular flexibility index (Phi) is 5.39. The number of carbonyl (C=O) groups is 1. The number of hydrogen-bond acceptors (Lipinski definition) is 3. The van der Waals surface area contributed by atoms with Gasteiger partial charge in [0.2, 0.25) is 5.91 Å². The Balaban J connectivity index is 1.90. The third-order valence-corrected chi connectivity index (χ3v) is 3.76. The average Bonchev–Trinajstić information content (AvgIpc) is 2.92. The lowest BCUT2D eigenvalue weighted by Gasteiger charge is -2.21. The average molecular weight is 289 g/mol. The molecule has 4 nitrogen and oxygen atoms in total. The minimum absolute atomic E-state index is 0.193. The van der Waals surface area contributed by atoms with Crippen LogP contribution in [0.2, 0.25) is 0 Å². The number of aliphatic hydroxyl groups is 1. The predicted octanol–water partition coefficient (Wildman–Crippen LogP) is 2.52. The van der Waals surface area contributed by atoms with E-state index in [9.17, 15) is 9.90 Å². The third-order valence-electron chi connectivity index (χ3n) is 3.76. The van der Waals surface area contributed by atoms with Crippen molar-refractivity contribution >= 4 is 12.0 Å². The number of rotatable bonds is 6. The highest BCUT2D eigenvalue weighted by atomic mass is 16.5. The molecule has 4 heteroatoms. The number of para-hydroxylation sites is 1. The van der Waals surface area contributed by atoms with Gasteiger partial charge in [-0.15, -0.1) is 0 Å². The highest BCUT2D eigenvalue weighted by Crippen LogP contribution is 2.28. The van der Waals surface area contributed by atoms with Gasteiger partial charge in [-0.25, -0.2) is 0 Å². The van der Waals surface area contributed by atoms with Gasteiger partial charge in [-0.2, -0.15) is 0 Å². The molecule has 0 atom stereocenters. The molecule has 0 heterocycles. The summed E-state index contributed by atoms with van der Waals surface area (Å²) in [5.41, 5.74) is 0.154. The van der Waals surface area contributed by atoms with Crippen LogP contribution in [0.1, 0.15) is 38.2 Å². The summed E-state index contributed by atoms with van der Waals surface area (Å²) in [6.07, 6.45) is 6.82. The summed E-state index contributed by atoms with van der Waals surface area (Å²) >= 11 is 0. The standard InChI is InChI=1S/C17H23NO3/c1-2-21-15-8-4-3-7-14(15)9-10-16(19)18-13-17(20)11-5-6-12-17/h3-4,7-10,20H,2,5-6,11-13H2,1H3,(H,18,19). The van der Waals surface area contributed by atoms with Gasteiger partial charge >= 0.3 is 0 Å². The first-order valence-corrected chi connectivity index (χ1v) is 7.53. The van der Waals surface area contributed by atoms with Crippen LogP contribution in [0.3, 0.4) is 0 Å². The van der Waals surface area contributed by atoms with Crippen molar-refractivity contribution in [3.63, 3.8) is 0 Å². The highest BCUT2D eigenvalue weighted by Gasteiger charge is 2.30. The van der Waals surface area contributed by atoms with Crippen molar-refractivity contribution in [2.24, 2.45) is 0 Å². The zero-order valence-electron chi connectivity index (χ0n) is 12.5. The van der Waals surface area contributed by atoms with Crippen molar-refractivity contribution < 1.29 is 14.6 Å². The van der Waals surface area contributed by atoms with Crippen molar-refractivity contribution in [2.45, 2.75) is 38.2 Å². The molecule has 0 radical (unpaired) electrons. The van der Waals surface area contributed by atoms with E-state index in [-0.39, 0.29) is 5.91 Å². The molecule has 1 aromatic rings. The molecular weight excluding hydrogens is 266 g/mol. The van der Waals surface area contributed by atoms with E-state index >= 15 is 0 Å². The SMILES string of the molecule is CCOc1ccccc1C=CC(=O)NCC1(O)CCCC1. The summed E-state index contributed by atoms with van der Waals surface area (Å²) in [6.45, 7) is 2.84. The van der Waals surface area contributed by atoms with E-state index in [0.29, 0.717) is 13.2 Å². The summed E-state index contributed by atoms with van der Waals surface area (Å²) in [5, 5.41) is 13.0. The van der Waals surface area contributed by atoms with Crippen molar-refractivity contribution in [1.29, 1.82) is 0 Å². The lowest BCUT2D eigenvalue weighted by Crippen LogP contribution is -2.40. The zero-order chi connectivity index (χ0) is 15.1. The Labute approximate surface area is 125 Å². The maximum atomic E-state index is 11.8. The summed E-state index contributed by atoms with van der Waals surface area (Å²) < 4.78 is 5.50. The van der Waals surface area contributed by atoms with Crippen LogP contribution in [0.4, 0.5) is 0 Å². The van der Waals surface area contributed by atoms with Crippen molar-refractivity contribution in [3.05, 3.63) is 35.9 Å². The van der Waals surface area contributed by atoms with Gasteiger partial charge in [0.25, 0.3) is 0 Å². The van der Waals surface area contributed by atoms with Crippen molar-refractivity contribution in [2.75, 3.05) is 13.2 Å². The summed E-state index contributed by atoms with van der Waals surface area (Å²) in [7, 11) is 0. The molecule has 1 saturated carbocycles. The molecule has 0 bridgehead atoms. The predicted molar refractivity (Wildman–Crippen MR) is 83.1 cm³/mol. The van der Waals surface area contributed by atoms with Crippen LogP contribution in [-0.4, -0.2) is 29.8 Å². The molecule has 1 aliphatic carbocycles. The Hall–Kier alpha value is -1.81. The first-order chi connectivity index (χ1) is 10.1. The fraction of sp³-hybridized carbons (Fsp3) is 0.471. The van der Waals surface area contributed by atoms with E-state index in [2.05, 4.69) is 5.32 Å². The van der Waals surface area contributed by atoms with E-state index in [0.717, 1.165) is 37.0 Å². The summed E-state index contributed by atoms with van der Waals surface area (Å²) in [5.74, 6) is 0.570. The smallest absolute Gasteiger partial charge is 0.244 e. The number of amides is 1. The van der Waals surface area contributed by atoms with Crippen LogP contribution in [-0.2, 0) is 4.79 Å². The second-order valence-electron chi connectivity index (χ2n) is 5.45. The molecule has 114 valence electrons. The molecule has 1 aliphatic rings. The quantitative estimate of drug-likeness (QED) is 0.791. The molecule has 1 fully saturated rings. The molecule has 21 heavy (non-hydrogen) atoms. The molecule has 0 aromatic heterocycles. The fourth-order valence-electron chi connectivity index (χ4n) is 2.59. The Morgan fingerprint density at radius 1 is 1.38 bits per heavy atom. The van der Waals surface area contributed by atoms with Gasteiger partial charge < -0.3 is 15.2 Å². The van der Waals surface area contributed by atoms with Crippen molar-refractivity contribution in [3.8, 4) is 5.75 Å². The van der Waals surface area contributed by atoms with Crippen LogP contribution in [0, 0.1) is 0 Å². The lowest BCUT2D eigenvalue weighted by atomic mass is 10.0. The van der Waals surface area contributed by atoms with E-state index in [1.807, 2.05) is 31.2 Å². The number of benzene rings is 1. The van der Waals surface area contributed by atoms with Crippen LogP contribution < -0.4 is 10.1 Å². The van der Waals surface area contributed by atoms with Gasteiger partial charge in [-0.1, -0.05) is 31.0 Å². The van der Waals surface area contributed by atoms with E-state index < -0.39 is 5.60 Å². The molecule has 0 spiro atoms. The van der Waals surface area contributed by atoms with E-state index in [1.54, 1.807) is 6.08 Å². The topological polar surface area (TPSA) is 58.6 Å². The van der Waals surface area contributed by atoms with Gasteiger partial charge in [0.1, 0.15) is 5.75 Å². The minimum Gasteiger partial charge on any atom is -0.493 e. The molecule has 0 aliphatic heterocycles. The lowest BCUT2D eigenvalue weighted by molar-refractivity contribution is -0.117. The highest BCUT2D eigenvalue weighted by molar-refractivity contribution is 5.92. The Morgan fingerprint density at radius 3 is 2.81 bits per heavy atom. The maximum absolute atomic E-state index is 11.8. The maximum Gasteiger partial charge on any atom is 0.244 e. The van der Waals surface area contributed by atoms with Crippen LogP contribution in [0.25, 0.3) is 6.08 Å². The van der Waals surface area contributed by atoms with E-state index in [4.69, 9.17) is 4.74 Å². The number of ether oxygens (including phenoxy) is 1. The zero-order valence-corrected chi connectivity index (χ0v) is 12.5. The minimum atomic E-state index is -0.716. The number of carbonyl (C=O) groups excluding carboxylic acids is 1. The number of nitrogens with one attached hydrogen (secondary N) is 1. The van der Waals surface area contributed by atoms with Gasteiger partial charge in [0, 0.05) is 18.2 Å². The van der Waals surface area contributed by atoms with Gasteiger partial charge in [0.05, 0.1) is 12.2 Å². The van der Waals surface area contributed by atoms with Gasteiger partial charge in [0.15, 0.2) is 0 Å². The molecular formula is C17H23NO3. The first kappa shape index (κ1) is 15.6. The third kappa shape index (κ3) is 4.60.